The largest absolute Gasteiger partial charge is 1.00 e. The van der Waals surface area contributed by atoms with Crippen molar-refractivity contribution >= 4 is 38.7 Å². The molecule has 2 aliphatic heterocycles. The van der Waals surface area contributed by atoms with Gasteiger partial charge in [-0.25, -0.2) is 4.58 Å². The molecule has 0 unspecified atom stereocenters. The molecular formula is C27H26ClN3OS. The van der Waals surface area contributed by atoms with Crippen molar-refractivity contribution in [1.82, 2.24) is 0 Å². The Labute approximate surface area is 205 Å². The Balaban J connectivity index is 0.00000259. The summed E-state index contributed by atoms with van der Waals surface area (Å²) in [6.07, 6.45) is 13.4. The minimum absolute atomic E-state index is 0. The highest BCUT2D eigenvalue weighted by Crippen LogP contribution is 2.45. The van der Waals surface area contributed by atoms with Gasteiger partial charge in [0.1, 0.15) is 13.2 Å². The Bertz CT molecular complexity index is 1130. The van der Waals surface area contributed by atoms with Crippen LogP contribution in [0.4, 0.5) is 11.4 Å². The Kier molecular flexibility index (Phi) is 7.23. The van der Waals surface area contributed by atoms with Crippen molar-refractivity contribution in [2.24, 2.45) is 0 Å². The molecule has 33 heavy (non-hydrogen) atoms. The zero-order chi connectivity index (χ0) is 21.9. The van der Waals surface area contributed by atoms with Gasteiger partial charge in [0.15, 0.2) is 18.8 Å². The molecule has 3 aliphatic rings. The number of benzene rings is 2. The van der Waals surface area contributed by atoms with Crippen molar-refractivity contribution < 1.29 is 21.7 Å². The second-order valence-electron chi connectivity index (χ2n) is 7.96. The fourth-order valence-corrected chi connectivity index (χ4v) is 5.05. The molecule has 0 bridgehead atoms. The first kappa shape index (κ1) is 23.2. The summed E-state index contributed by atoms with van der Waals surface area (Å²) in [6.45, 7) is 3.46. The molecule has 2 aromatic rings. The molecule has 0 radical (unpaired) electrons. The number of rotatable bonds is 2. The summed E-state index contributed by atoms with van der Waals surface area (Å²) >= 11 is 1.77. The summed E-state index contributed by atoms with van der Waals surface area (Å²) in [5.41, 5.74) is 19.3. The standard InChI is InChI=1S/C27H25N3OS.ClH/c28-23-7-1-20(2-8-23)26-17-22(18-27(32-26)21-3-9-24(29)10-4-21)19-5-11-25(12-6-19)30-13-15-31-16-14-30;/h1-12,17-18H,13-16H2,(H3,28,29);1H. The molecular weight excluding hydrogens is 450 g/mol. The Morgan fingerprint density at radius 3 is 1.64 bits per heavy atom. The Morgan fingerprint density at radius 1 is 0.667 bits per heavy atom. The quantitative estimate of drug-likeness (QED) is 0.514. The van der Waals surface area contributed by atoms with Gasteiger partial charge in [-0.05, 0) is 70.8 Å². The summed E-state index contributed by atoms with van der Waals surface area (Å²) in [4.78, 5) is 2.40. The first-order chi connectivity index (χ1) is 15.7. The van der Waals surface area contributed by atoms with Gasteiger partial charge in [-0.3, -0.25) is 0 Å². The average molecular weight is 476 g/mol. The molecule has 4 N–H and O–H groups in total. The first-order valence-electron chi connectivity index (χ1n) is 10.8. The van der Waals surface area contributed by atoms with Gasteiger partial charge in [0.2, 0.25) is 0 Å². The molecule has 0 amide bonds. The number of nitrogens with zero attached hydrogens (tertiary/aromatic N) is 1. The molecule has 2 heterocycles. The van der Waals surface area contributed by atoms with E-state index >= 15 is 0 Å². The minimum Gasteiger partial charge on any atom is -1.00 e. The number of nitrogens with two attached hydrogens (primary N) is 2. The number of morpholine rings is 1. The zero-order valence-corrected chi connectivity index (χ0v) is 19.8. The number of anilines is 2. The van der Waals surface area contributed by atoms with Gasteiger partial charge in [0.25, 0.3) is 0 Å². The third-order valence-electron chi connectivity index (χ3n) is 5.76. The SMILES string of the molecule is Nc1ccc(C2=CC(=C3C=CC(=[N+]4CCOCC4)C=C3)C=C(c3ccc(N)cc3)S2)cc1.[Cl-]. The predicted molar refractivity (Wildman–Crippen MR) is 136 cm³/mol. The van der Waals surface area contributed by atoms with Crippen LogP contribution in [-0.4, -0.2) is 36.6 Å². The molecule has 168 valence electrons. The van der Waals surface area contributed by atoms with Crippen LogP contribution in [0, 0.1) is 0 Å². The molecule has 1 aliphatic carbocycles. The van der Waals surface area contributed by atoms with E-state index in [-0.39, 0.29) is 12.4 Å². The van der Waals surface area contributed by atoms with E-state index in [1.165, 1.54) is 26.7 Å². The lowest BCUT2D eigenvalue weighted by Gasteiger charge is -2.19. The first-order valence-corrected chi connectivity index (χ1v) is 11.6. The number of hydrogen-bond donors (Lipinski definition) is 2. The van der Waals surface area contributed by atoms with Crippen molar-refractivity contribution in [2.45, 2.75) is 0 Å². The van der Waals surface area contributed by atoms with Crippen molar-refractivity contribution in [3.63, 3.8) is 0 Å². The molecule has 4 nitrogen and oxygen atoms in total. The normalized spacial score (nSPS) is 18.1. The van der Waals surface area contributed by atoms with Crippen LogP contribution in [0.1, 0.15) is 11.1 Å². The van der Waals surface area contributed by atoms with Crippen LogP contribution in [0.25, 0.3) is 9.81 Å². The third-order valence-corrected chi connectivity index (χ3v) is 6.91. The summed E-state index contributed by atoms with van der Waals surface area (Å²) < 4.78 is 7.86. The Hall–Kier alpha value is -2.99. The fraction of sp³-hybridized carbons (Fsp3) is 0.148. The fourth-order valence-electron chi connectivity index (χ4n) is 3.93. The lowest BCUT2D eigenvalue weighted by Crippen LogP contribution is -3.00. The van der Waals surface area contributed by atoms with E-state index in [2.05, 4.69) is 65.3 Å². The van der Waals surface area contributed by atoms with Gasteiger partial charge in [-0.2, -0.15) is 0 Å². The van der Waals surface area contributed by atoms with E-state index in [4.69, 9.17) is 16.2 Å². The van der Waals surface area contributed by atoms with E-state index in [9.17, 15) is 0 Å². The van der Waals surface area contributed by atoms with Crippen LogP contribution in [0.2, 0.25) is 0 Å². The summed E-state index contributed by atoms with van der Waals surface area (Å²) in [5.74, 6) is 0. The van der Waals surface area contributed by atoms with Crippen molar-refractivity contribution in [1.29, 1.82) is 0 Å². The van der Waals surface area contributed by atoms with E-state index in [1.54, 1.807) is 11.8 Å². The van der Waals surface area contributed by atoms with Gasteiger partial charge in [0, 0.05) is 33.3 Å². The third kappa shape index (κ3) is 5.33. The number of thioether (sulfide) groups is 1. The van der Waals surface area contributed by atoms with Crippen LogP contribution in [0.15, 0.2) is 96.1 Å². The van der Waals surface area contributed by atoms with E-state index < -0.39 is 0 Å². The average Bonchev–Trinajstić information content (AvgIpc) is 2.85. The number of allylic oxidation sites excluding steroid dienone is 8. The maximum Gasteiger partial charge on any atom is 0.200 e. The molecule has 6 heteroatoms. The Morgan fingerprint density at radius 2 is 1.15 bits per heavy atom. The van der Waals surface area contributed by atoms with Crippen LogP contribution >= 0.6 is 11.8 Å². The van der Waals surface area contributed by atoms with Crippen LogP contribution in [0.5, 0.6) is 0 Å². The highest BCUT2D eigenvalue weighted by atomic mass is 35.5. The van der Waals surface area contributed by atoms with Crippen molar-refractivity contribution in [2.75, 3.05) is 37.8 Å². The smallest absolute Gasteiger partial charge is 0.200 e. The van der Waals surface area contributed by atoms with Crippen molar-refractivity contribution in [3.05, 3.63) is 107 Å². The lowest BCUT2D eigenvalue weighted by atomic mass is 9.99. The molecule has 1 saturated heterocycles. The van der Waals surface area contributed by atoms with E-state index in [1.807, 2.05) is 24.3 Å². The van der Waals surface area contributed by atoms with Gasteiger partial charge in [-0.15, -0.1) is 0 Å². The molecule has 5 rings (SSSR count). The number of nitrogen functional groups attached to an aromatic ring is 2. The van der Waals surface area contributed by atoms with Gasteiger partial charge >= 0.3 is 0 Å². The number of ether oxygens (including phenoxy) is 1. The maximum absolute atomic E-state index is 5.92. The second kappa shape index (κ2) is 10.3. The molecule has 0 aromatic heterocycles. The number of halogens is 1. The topological polar surface area (TPSA) is 64.3 Å². The monoisotopic (exact) mass is 475 g/mol. The van der Waals surface area contributed by atoms with Gasteiger partial charge in [-0.1, -0.05) is 36.0 Å². The van der Waals surface area contributed by atoms with E-state index in [0.29, 0.717) is 0 Å². The van der Waals surface area contributed by atoms with Crippen LogP contribution in [-0.2, 0) is 4.74 Å². The van der Waals surface area contributed by atoms with Gasteiger partial charge < -0.3 is 28.6 Å². The minimum atomic E-state index is 0. The summed E-state index contributed by atoms with van der Waals surface area (Å²) in [7, 11) is 0. The van der Waals surface area contributed by atoms with Gasteiger partial charge in [0.05, 0.1) is 0 Å². The van der Waals surface area contributed by atoms with Crippen LogP contribution < -0.4 is 23.9 Å². The number of hydrogen-bond acceptors (Lipinski definition) is 4. The molecule has 1 fully saturated rings. The molecule has 0 spiro atoms. The highest BCUT2D eigenvalue weighted by Gasteiger charge is 2.19. The predicted octanol–water partition coefficient (Wildman–Crippen LogP) is 1.89. The molecule has 0 saturated carbocycles. The molecule has 2 aromatic carbocycles. The lowest BCUT2D eigenvalue weighted by molar-refractivity contribution is -0.547. The second-order valence-corrected chi connectivity index (χ2v) is 9.05. The highest BCUT2D eigenvalue weighted by molar-refractivity contribution is 8.16. The van der Waals surface area contributed by atoms with Crippen molar-refractivity contribution in [3.8, 4) is 0 Å². The zero-order valence-electron chi connectivity index (χ0n) is 18.2. The maximum atomic E-state index is 5.92. The summed E-state index contributed by atoms with van der Waals surface area (Å²) in [5, 5.41) is 0. The van der Waals surface area contributed by atoms with E-state index in [0.717, 1.165) is 48.8 Å². The molecule has 0 atom stereocenters. The van der Waals surface area contributed by atoms with Crippen LogP contribution in [0.3, 0.4) is 0 Å². The summed E-state index contributed by atoms with van der Waals surface area (Å²) in [6, 6.07) is 16.1.